The fraction of sp³-hybridized carbons (Fsp3) is 0.286. The zero-order chi connectivity index (χ0) is 20.4. The van der Waals surface area contributed by atoms with Gasteiger partial charge in [-0.25, -0.2) is 0 Å². The van der Waals surface area contributed by atoms with Crippen LogP contribution in [-0.4, -0.2) is 32.9 Å². The number of furan rings is 1. The Kier molecular flexibility index (Phi) is 5.44. The Morgan fingerprint density at radius 3 is 2.83 bits per heavy atom. The first-order chi connectivity index (χ1) is 14.2. The average molecular weight is 410 g/mol. The third-order valence-electron chi connectivity index (χ3n) is 4.75. The molecule has 1 aromatic carbocycles. The van der Waals surface area contributed by atoms with Gasteiger partial charge in [-0.1, -0.05) is 37.7 Å². The van der Waals surface area contributed by atoms with Crippen LogP contribution >= 0.6 is 11.8 Å². The number of ether oxygens (including phenoxy) is 1. The van der Waals surface area contributed by atoms with Crippen LogP contribution in [0.5, 0.6) is 5.75 Å². The van der Waals surface area contributed by atoms with E-state index >= 15 is 0 Å². The lowest BCUT2D eigenvalue weighted by molar-refractivity contribution is -0.115. The standard InChI is InChI=1S/C21H22N4O3S/c1-4-18(20(26)22-13-8-6-7-9-16(13)27-3)29-21-15-12-17-14(10-11-28-17)25(15)19(5-2)23-24-21/h6-12,18H,4-5H2,1-3H3,(H,22,26). The highest BCUT2D eigenvalue weighted by atomic mass is 32.2. The van der Waals surface area contributed by atoms with Crippen molar-refractivity contribution in [3.63, 3.8) is 0 Å². The fourth-order valence-electron chi connectivity index (χ4n) is 3.29. The summed E-state index contributed by atoms with van der Waals surface area (Å²) in [5, 5.41) is 12.1. The van der Waals surface area contributed by atoms with Gasteiger partial charge in [0.1, 0.15) is 16.6 Å². The molecular formula is C21H22N4O3S. The van der Waals surface area contributed by atoms with Gasteiger partial charge in [0, 0.05) is 18.6 Å². The van der Waals surface area contributed by atoms with E-state index in [0.29, 0.717) is 22.9 Å². The van der Waals surface area contributed by atoms with E-state index in [9.17, 15) is 4.79 Å². The lowest BCUT2D eigenvalue weighted by atomic mass is 10.2. The summed E-state index contributed by atoms with van der Waals surface area (Å²) < 4.78 is 12.9. The molecule has 0 aliphatic rings. The van der Waals surface area contributed by atoms with Gasteiger partial charge in [-0.2, -0.15) is 0 Å². The van der Waals surface area contributed by atoms with Crippen molar-refractivity contribution >= 4 is 40.0 Å². The SMILES string of the molecule is CCc1nnc(SC(CC)C(=O)Nc2ccccc2OC)c2cc3occc3n12. The molecule has 0 aliphatic carbocycles. The molecule has 150 valence electrons. The van der Waals surface area contributed by atoms with E-state index in [1.54, 1.807) is 13.4 Å². The van der Waals surface area contributed by atoms with Gasteiger partial charge in [0.15, 0.2) is 5.58 Å². The molecule has 8 heteroatoms. The molecule has 1 unspecified atom stereocenters. The molecule has 0 saturated heterocycles. The molecule has 3 heterocycles. The lowest BCUT2D eigenvalue weighted by Gasteiger charge is -2.16. The molecule has 1 amide bonds. The summed E-state index contributed by atoms with van der Waals surface area (Å²) in [6.07, 6.45) is 3.06. The quantitative estimate of drug-likeness (QED) is 0.450. The van der Waals surface area contributed by atoms with Crippen LogP contribution in [0, 0.1) is 0 Å². The van der Waals surface area contributed by atoms with Crippen molar-refractivity contribution in [3.05, 3.63) is 48.5 Å². The summed E-state index contributed by atoms with van der Waals surface area (Å²) in [5.74, 6) is 1.38. The Labute approximate surface area is 172 Å². The number of fused-ring (bicyclic) bond motifs is 3. The maximum absolute atomic E-state index is 12.9. The number of hydrogen-bond acceptors (Lipinski definition) is 6. The second-order valence-corrected chi connectivity index (χ2v) is 7.71. The number of amides is 1. The Morgan fingerprint density at radius 2 is 2.07 bits per heavy atom. The number of para-hydroxylation sites is 2. The summed E-state index contributed by atoms with van der Waals surface area (Å²) in [6, 6.07) is 11.2. The first-order valence-electron chi connectivity index (χ1n) is 9.51. The first kappa shape index (κ1) is 19.3. The highest BCUT2D eigenvalue weighted by Crippen LogP contribution is 2.33. The second-order valence-electron chi connectivity index (χ2n) is 6.51. The van der Waals surface area contributed by atoms with Crippen molar-refractivity contribution in [1.29, 1.82) is 0 Å². The molecule has 0 bridgehead atoms. The van der Waals surface area contributed by atoms with E-state index in [0.717, 1.165) is 28.9 Å². The number of nitrogens with zero attached hydrogens (tertiary/aromatic N) is 3. The molecule has 29 heavy (non-hydrogen) atoms. The van der Waals surface area contributed by atoms with Gasteiger partial charge in [0.2, 0.25) is 5.91 Å². The largest absolute Gasteiger partial charge is 0.495 e. The predicted molar refractivity (Wildman–Crippen MR) is 114 cm³/mol. The van der Waals surface area contributed by atoms with Crippen LogP contribution in [-0.2, 0) is 11.2 Å². The number of benzene rings is 1. The van der Waals surface area contributed by atoms with E-state index in [1.165, 1.54) is 11.8 Å². The van der Waals surface area contributed by atoms with Crippen molar-refractivity contribution in [2.24, 2.45) is 0 Å². The van der Waals surface area contributed by atoms with Crippen molar-refractivity contribution in [2.75, 3.05) is 12.4 Å². The van der Waals surface area contributed by atoms with Gasteiger partial charge in [0.05, 0.1) is 35.3 Å². The van der Waals surface area contributed by atoms with Gasteiger partial charge in [-0.15, -0.1) is 10.2 Å². The first-order valence-corrected chi connectivity index (χ1v) is 10.4. The zero-order valence-electron chi connectivity index (χ0n) is 16.5. The molecule has 1 N–H and O–H groups in total. The van der Waals surface area contributed by atoms with Crippen molar-refractivity contribution in [3.8, 4) is 5.75 Å². The molecule has 0 fully saturated rings. The Balaban J connectivity index is 1.65. The molecular weight excluding hydrogens is 388 g/mol. The van der Waals surface area contributed by atoms with Crippen LogP contribution in [0.15, 0.2) is 52.1 Å². The number of aromatic nitrogens is 3. The number of methoxy groups -OCH3 is 1. The maximum atomic E-state index is 12.9. The predicted octanol–water partition coefficient (Wildman–Crippen LogP) is 4.56. The summed E-state index contributed by atoms with van der Waals surface area (Å²) >= 11 is 1.41. The monoisotopic (exact) mass is 410 g/mol. The minimum Gasteiger partial charge on any atom is -0.495 e. The number of aryl methyl sites for hydroxylation is 1. The van der Waals surface area contributed by atoms with Gasteiger partial charge in [0.25, 0.3) is 0 Å². The van der Waals surface area contributed by atoms with Crippen LogP contribution in [0.1, 0.15) is 26.1 Å². The summed E-state index contributed by atoms with van der Waals surface area (Å²) in [5.41, 5.74) is 3.29. The van der Waals surface area contributed by atoms with Crippen molar-refractivity contribution in [2.45, 2.75) is 37.0 Å². The molecule has 3 aromatic heterocycles. The molecule has 0 spiro atoms. The molecule has 0 aliphatic heterocycles. The van der Waals surface area contributed by atoms with Gasteiger partial charge in [-0.3, -0.25) is 9.20 Å². The minimum atomic E-state index is -0.327. The zero-order valence-corrected chi connectivity index (χ0v) is 17.3. The fourth-order valence-corrected chi connectivity index (χ4v) is 4.25. The molecule has 0 saturated carbocycles. The highest BCUT2D eigenvalue weighted by molar-refractivity contribution is 8.00. The highest BCUT2D eigenvalue weighted by Gasteiger charge is 2.23. The van der Waals surface area contributed by atoms with Crippen LogP contribution in [0.25, 0.3) is 16.6 Å². The number of carbonyl (C=O) groups excluding carboxylic acids is 1. The number of thioether (sulfide) groups is 1. The lowest BCUT2D eigenvalue weighted by Crippen LogP contribution is -2.25. The Bertz CT molecular complexity index is 1170. The van der Waals surface area contributed by atoms with E-state index in [2.05, 4.69) is 19.9 Å². The molecule has 7 nitrogen and oxygen atoms in total. The van der Waals surface area contributed by atoms with Crippen LogP contribution in [0.2, 0.25) is 0 Å². The summed E-state index contributed by atoms with van der Waals surface area (Å²) in [4.78, 5) is 12.9. The summed E-state index contributed by atoms with van der Waals surface area (Å²) in [7, 11) is 1.58. The van der Waals surface area contributed by atoms with Crippen LogP contribution in [0.3, 0.4) is 0 Å². The number of nitrogens with one attached hydrogen (secondary N) is 1. The topological polar surface area (TPSA) is 81.7 Å². The van der Waals surface area contributed by atoms with Crippen LogP contribution in [0.4, 0.5) is 5.69 Å². The smallest absolute Gasteiger partial charge is 0.238 e. The van der Waals surface area contributed by atoms with Gasteiger partial charge >= 0.3 is 0 Å². The van der Waals surface area contributed by atoms with E-state index in [1.807, 2.05) is 50.2 Å². The number of rotatable bonds is 7. The Hall–Kier alpha value is -3.00. The van der Waals surface area contributed by atoms with E-state index in [4.69, 9.17) is 9.15 Å². The van der Waals surface area contributed by atoms with E-state index in [-0.39, 0.29) is 11.2 Å². The third-order valence-corrected chi connectivity index (χ3v) is 6.10. The van der Waals surface area contributed by atoms with Gasteiger partial charge in [-0.05, 0) is 18.6 Å². The van der Waals surface area contributed by atoms with E-state index < -0.39 is 0 Å². The summed E-state index contributed by atoms with van der Waals surface area (Å²) in [6.45, 7) is 4.02. The second kappa shape index (κ2) is 8.16. The molecule has 4 rings (SSSR count). The van der Waals surface area contributed by atoms with Gasteiger partial charge < -0.3 is 14.5 Å². The average Bonchev–Trinajstić information content (AvgIpc) is 3.34. The molecule has 1 atom stereocenters. The molecule has 0 radical (unpaired) electrons. The molecule has 4 aromatic rings. The third kappa shape index (κ3) is 3.55. The maximum Gasteiger partial charge on any atom is 0.238 e. The van der Waals surface area contributed by atoms with Crippen LogP contribution < -0.4 is 10.1 Å². The van der Waals surface area contributed by atoms with Crippen molar-refractivity contribution in [1.82, 2.24) is 14.6 Å². The number of hydrogen-bond donors (Lipinski definition) is 1. The Morgan fingerprint density at radius 1 is 1.24 bits per heavy atom. The number of carbonyl (C=O) groups is 1. The minimum absolute atomic E-state index is 0.100. The number of anilines is 1. The normalized spacial score (nSPS) is 12.4. The van der Waals surface area contributed by atoms with Crippen molar-refractivity contribution < 1.29 is 13.9 Å².